The van der Waals surface area contributed by atoms with E-state index in [4.69, 9.17) is 23.2 Å². The molecule has 0 saturated heterocycles. The van der Waals surface area contributed by atoms with Crippen molar-refractivity contribution in [3.05, 3.63) is 33.1 Å². The SMILES string of the molecule is FC(F)c1cc(Cl)c2sc(Cl)cc2c1. The number of fused-ring (bicyclic) bond motifs is 1. The molecular weight excluding hydrogens is 249 g/mol. The Kier molecular flexibility index (Phi) is 2.64. The standard InChI is InChI=1S/C9H4Cl2F2S/c10-6-2-5(9(12)13)1-4-3-7(11)14-8(4)6/h1-3,9H. The third kappa shape index (κ3) is 1.72. The van der Waals surface area contributed by atoms with Crippen molar-refractivity contribution in [2.45, 2.75) is 6.43 Å². The zero-order valence-corrected chi connectivity index (χ0v) is 9.06. The lowest BCUT2D eigenvalue weighted by Crippen LogP contribution is -1.82. The first-order valence-corrected chi connectivity index (χ1v) is 5.32. The molecule has 0 unspecified atom stereocenters. The first-order chi connectivity index (χ1) is 6.58. The van der Waals surface area contributed by atoms with Crippen molar-refractivity contribution in [1.82, 2.24) is 0 Å². The molecule has 0 spiro atoms. The van der Waals surface area contributed by atoms with Crippen molar-refractivity contribution in [2.75, 3.05) is 0 Å². The molecule has 0 nitrogen and oxygen atoms in total. The van der Waals surface area contributed by atoms with Gasteiger partial charge >= 0.3 is 0 Å². The molecule has 0 saturated carbocycles. The van der Waals surface area contributed by atoms with Gasteiger partial charge in [-0.25, -0.2) is 8.78 Å². The zero-order valence-electron chi connectivity index (χ0n) is 6.73. The first-order valence-electron chi connectivity index (χ1n) is 3.74. The van der Waals surface area contributed by atoms with E-state index in [1.165, 1.54) is 23.5 Å². The Hall–Kier alpha value is -0.380. The molecule has 14 heavy (non-hydrogen) atoms. The predicted octanol–water partition coefficient (Wildman–Crippen LogP) is 5.15. The van der Waals surface area contributed by atoms with Gasteiger partial charge in [-0.3, -0.25) is 0 Å². The highest BCUT2D eigenvalue weighted by Gasteiger charge is 2.12. The quantitative estimate of drug-likeness (QED) is 0.659. The topological polar surface area (TPSA) is 0 Å². The van der Waals surface area contributed by atoms with Gasteiger partial charge in [0.05, 0.1) is 14.1 Å². The van der Waals surface area contributed by atoms with Crippen LogP contribution in [0.3, 0.4) is 0 Å². The molecular formula is C9H4Cl2F2S. The highest BCUT2D eigenvalue weighted by atomic mass is 35.5. The molecule has 0 fully saturated rings. The van der Waals surface area contributed by atoms with Crippen molar-refractivity contribution in [1.29, 1.82) is 0 Å². The molecule has 0 aliphatic heterocycles. The van der Waals surface area contributed by atoms with Crippen LogP contribution in [0, 0.1) is 0 Å². The Labute approximate surface area is 93.1 Å². The lowest BCUT2D eigenvalue weighted by molar-refractivity contribution is 0.151. The molecule has 0 atom stereocenters. The number of alkyl halides is 2. The molecule has 0 bridgehead atoms. The summed E-state index contributed by atoms with van der Waals surface area (Å²) in [6.45, 7) is 0. The van der Waals surface area contributed by atoms with Gasteiger partial charge in [-0.2, -0.15) is 0 Å². The van der Waals surface area contributed by atoms with Crippen molar-refractivity contribution in [3.8, 4) is 0 Å². The Morgan fingerprint density at radius 2 is 1.86 bits per heavy atom. The van der Waals surface area contributed by atoms with Gasteiger partial charge in [-0.1, -0.05) is 23.2 Å². The summed E-state index contributed by atoms with van der Waals surface area (Å²) >= 11 is 12.9. The van der Waals surface area contributed by atoms with E-state index >= 15 is 0 Å². The van der Waals surface area contributed by atoms with Crippen LogP contribution >= 0.6 is 34.5 Å². The van der Waals surface area contributed by atoms with Crippen LogP contribution in [-0.2, 0) is 0 Å². The third-order valence-electron chi connectivity index (χ3n) is 1.82. The fraction of sp³-hybridized carbons (Fsp3) is 0.111. The Morgan fingerprint density at radius 1 is 1.14 bits per heavy atom. The van der Waals surface area contributed by atoms with Gasteiger partial charge in [0, 0.05) is 5.56 Å². The Balaban J connectivity index is 2.71. The van der Waals surface area contributed by atoms with Crippen LogP contribution in [0.1, 0.15) is 12.0 Å². The number of benzene rings is 1. The average Bonchev–Trinajstić information content (AvgIpc) is 2.45. The highest BCUT2D eigenvalue weighted by Crippen LogP contribution is 2.37. The molecule has 0 aliphatic carbocycles. The minimum absolute atomic E-state index is 0.0723. The van der Waals surface area contributed by atoms with Crippen LogP contribution in [0.2, 0.25) is 9.36 Å². The van der Waals surface area contributed by atoms with Gasteiger partial charge in [-0.05, 0) is 23.6 Å². The molecule has 0 aliphatic rings. The first kappa shape index (κ1) is 10.1. The largest absolute Gasteiger partial charge is 0.263 e. The van der Waals surface area contributed by atoms with Crippen LogP contribution in [0.15, 0.2) is 18.2 Å². The second-order valence-electron chi connectivity index (χ2n) is 2.77. The predicted molar refractivity (Wildman–Crippen MR) is 56.8 cm³/mol. The number of rotatable bonds is 1. The minimum Gasteiger partial charge on any atom is -0.205 e. The van der Waals surface area contributed by atoms with Crippen molar-refractivity contribution >= 4 is 44.6 Å². The second-order valence-corrected chi connectivity index (χ2v) is 4.86. The fourth-order valence-corrected chi connectivity index (χ4v) is 2.70. The van der Waals surface area contributed by atoms with E-state index < -0.39 is 6.43 Å². The van der Waals surface area contributed by atoms with Gasteiger partial charge in [0.25, 0.3) is 6.43 Å². The van der Waals surface area contributed by atoms with E-state index in [-0.39, 0.29) is 5.56 Å². The smallest absolute Gasteiger partial charge is 0.205 e. The van der Waals surface area contributed by atoms with Crippen molar-refractivity contribution in [3.63, 3.8) is 0 Å². The van der Waals surface area contributed by atoms with E-state index in [0.717, 1.165) is 4.70 Å². The van der Waals surface area contributed by atoms with Gasteiger partial charge in [-0.15, -0.1) is 11.3 Å². The molecule has 0 N–H and O–H groups in total. The summed E-state index contributed by atoms with van der Waals surface area (Å²) in [5.74, 6) is 0. The number of thiophene rings is 1. The fourth-order valence-electron chi connectivity index (χ4n) is 1.23. The Bertz CT molecular complexity index is 479. The molecule has 2 aromatic rings. The van der Waals surface area contributed by atoms with Gasteiger partial charge in [0.2, 0.25) is 0 Å². The van der Waals surface area contributed by atoms with E-state index in [1.54, 1.807) is 6.07 Å². The summed E-state index contributed by atoms with van der Waals surface area (Å²) in [6.07, 6.45) is -2.50. The van der Waals surface area contributed by atoms with E-state index in [9.17, 15) is 8.78 Å². The van der Waals surface area contributed by atoms with Gasteiger partial charge in [0.1, 0.15) is 0 Å². The minimum atomic E-state index is -2.50. The molecule has 1 aromatic carbocycles. The van der Waals surface area contributed by atoms with Crippen molar-refractivity contribution < 1.29 is 8.78 Å². The van der Waals surface area contributed by atoms with E-state index in [1.807, 2.05) is 0 Å². The van der Waals surface area contributed by atoms with Crippen LogP contribution in [0.5, 0.6) is 0 Å². The third-order valence-corrected chi connectivity index (χ3v) is 3.54. The van der Waals surface area contributed by atoms with Crippen LogP contribution in [0.25, 0.3) is 10.1 Å². The molecule has 5 heteroatoms. The molecule has 2 rings (SSSR count). The van der Waals surface area contributed by atoms with Gasteiger partial charge in [0.15, 0.2) is 0 Å². The molecule has 0 amide bonds. The maximum atomic E-state index is 12.4. The normalized spacial score (nSPS) is 11.5. The number of hydrogen-bond donors (Lipinski definition) is 0. The molecule has 0 radical (unpaired) electrons. The van der Waals surface area contributed by atoms with Crippen LogP contribution in [0.4, 0.5) is 8.78 Å². The van der Waals surface area contributed by atoms with Crippen LogP contribution < -0.4 is 0 Å². The number of hydrogen-bond acceptors (Lipinski definition) is 1. The summed E-state index contributed by atoms with van der Waals surface area (Å²) in [7, 11) is 0. The van der Waals surface area contributed by atoms with Gasteiger partial charge < -0.3 is 0 Å². The maximum absolute atomic E-state index is 12.4. The highest BCUT2D eigenvalue weighted by molar-refractivity contribution is 7.23. The Morgan fingerprint density at radius 3 is 2.50 bits per heavy atom. The molecule has 1 aromatic heterocycles. The molecule has 1 heterocycles. The lowest BCUT2D eigenvalue weighted by atomic mass is 10.2. The zero-order chi connectivity index (χ0) is 10.3. The van der Waals surface area contributed by atoms with Crippen molar-refractivity contribution in [2.24, 2.45) is 0 Å². The lowest BCUT2D eigenvalue weighted by Gasteiger charge is -2.00. The van der Waals surface area contributed by atoms with E-state index in [0.29, 0.717) is 14.7 Å². The van der Waals surface area contributed by atoms with E-state index in [2.05, 4.69) is 0 Å². The summed E-state index contributed by atoms with van der Waals surface area (Å²) in [4.78, 5) is 0. The molecule has 74 valence electrons. The van der Waals surface area contributed by atoms with Crippen LogP contribution in [-0.4, -0.2) is 0 Å². The average molecular weight is 253 g/mol. The summed E-state index contributed by atoms with van der Waals surface area (Å²) in [5, 5.41) is 0.998. The summed E-state index contributed by atoms with van der Waals surface area (Å²) in [6, 6.07) is 4.33. The maximum Gasteiger partial charge on any atom is 0.263 e. The number of halogens is 4. The monoisotopic (exact) mass is 252 g/mol. The summed E-state index contributed by atoms with van der Waals surface area (Å²) in [5.41, 5.74) is -0.0723. The second kappa shape index (κ2) is 3.65. The summed E-state index contributed by atoms with van der Waals surface area (Å²) < 4.78 is 26.1.